The first-order valence-electron chi connectivity index (χ1n) is 6.39. The van der Waals surface area contributed by atoms with E-state index in [1.54, 1.807) is 7.11 Å². The molecule has 0 N–H and O–H groups in total. The van der Waals surface area contributed by atoms with Crippen molar-refractivity contribution in [1.82, 2.24) is 0 Å². The third-order valence-electron chi connectivity index (χ3n) is 3.76. The number of hydrogen-bond donors (Lipinski definition) is 0. The molecule has 0 bridgehead atoms. The molecule has 0 atom stereocenters. The van der Waals surface area contributed by atoms with Crippen LogP contribution in [-0.4, -0.2) is 12.9 Å². The van der Waals surface area contributed by atoms with Crippen molar-refractivity contribution in [1.29, 1.82) is 0 Å². The van der Waals surface area contributed by atoms with E-state index in [1.807, 2.05) is 24.3 Å². The van der Waals surface area contributed by atoms with Crippen LogP contribution in [0.3, 0.4) is 0 Å². The van der Waals surface area contributed by atoms with Gasteiger partial charge in [-0.3, -0.25) is 4.79 Å². The summed E-state index contributed by atoms with van der Waals surface area (Å²) in [6.45, 7) is 2.27. The number of ketones is 1. The summed E-state index contributed by atoms with van der Waals surface area (Å²) in [5.74, 6) is 1.93. The lowest BCUT2D eigenvalue weighted by atomic mass is 9.79. The summed E-state index contributed by atoms with van der Waals surface area (Å²) in [6.07, 6.45) is 4.40. The summed E-state index contributed by atoms with van der Waals surface area (Å²) in [7, 11) is 1.62. The van der Waals surface area contributed by atoms with Crippen molar-refractivity contribution in [2.24, 2.45) is 11.8 Å². The number of Topliss-reactive ketones (excluding diaryl/α,β-unsaturated/α-hetero) is 1. The van der Waals surface area contributed by atoms with Crippen LogP contribution in [0.4, 0.5) is 0 Å². The van der Waals surface area contributed by atoms with Gasteiger partial charge in [0.05, 0.1) is 12.7 Å². The standard InChI is InChI=1S/C15H20O2/c1-11-7-9-12(10-8-11)15(16)13-5-3-4-6-14(13)17-2/h3-6,11-12H,7-10H2,1-2H3. The number of carbonyl (C=O) groups is 1. The molecule has 2 nitrogen and oxygen atoms in total. The lowest BCUT2D eigenvalue weighted by Gasteiger charge is -2.25. The van der Waals surface area contributed by atoms with Gasteiger partial charge in [0.25, 0.3) is 0 Å². The smallest absolute Gasteiger partial charge is 0.169 e. The Bertz CT molecular complexity index is 390. The van der Waals surface area contributed by atoms with Gasteiger partial charge >= 0.3 is 0 Å². The van der Waals surface area contributed by atoms with Gasteiger partial charge in [0.1, 0.15) is 5.75 Å². The first kappa shape index (κ1) is 12.2. The second-order valence-electron chi connectivity index (χ2n) is 5.02. The maximum Gasteiger partial charge on any atom is 0.169 e. The Hall–Kier alpha value is -1.31. The first-order valence-corrected chi connectivity index (χ1v) is 6.39. The molecular formula is C15H20O2. The van der Waals surface area contributed by atoms with E-state index >= 15 is 0 Å². The van der Waals surface area contributed by atoms with E-state index in [0.29, 0.717) is 5.75 Å². The van der Waals surface area contributed by atoms with Crippen molar-refractivity contribution in [2.75, 3.05) is 7.11 Å². The molecule has 0 saturated heterocycles. The average Bonchev–Trinajstić information content (AvgIpc) is 2.39. The van der Waals surface area contributed by atoms with Gasteiger partial charge in [0.15, 0.2) is 5.78 Å². The van der Waals surface area contributed by atoms with E-state index in [2.05, 4.69) is 6.92 Å². The summed E-state index contributed by atoms with van der Waals surface area (Å²) in [6, 6.07) is 7.54. The molecule has 2 heteroatoms. The predicted octanol–water partition coefficient (Wildman–Crippen LogP) is 3.70. The Balaban J connectivity index is 2.14. The summed E-state index contributed by atoms with van der Waals surface area (Å²) >= 11 is 0. The molecule has 0 amide bonds. The molecule has 0 heterocycles. The van der Waals surface area contributed by atoms with E-state index in [4.69, 9.17) is 4.74 Å². The van der Waals surface area contributed by atoms with Crippen LogP contribution in [0.5, 0.6) is 5.75 Å². The topological polar surface area (TPSA) is 26.3 Å². The molecule has 1 aromatic rings. The molecule has 0 unspecified atom stereocenters. The zero-order valence-electron chi connectivity index (χ0n) is 10.6. The van der Waals surface area contributed by atoms with Gasteiger partial charge in [-0.05, 0) is 30.9 Å². The molecular weight excluding hydrogens is 212 g/mol. The minimum atomic E-state index is 0.197. The molecule has 1 fully saturated rings. The highest BCUT2D eigenvalue weighted by Gasteiger charge is 2.26. The van der Waals surface area contributed by atoms with Gasteiger partial charge in [-0.1, -0.05) is 31.9 Å². The van der Waals surface area contributed by atoms with Gasteiger partial charge < -0.3 is 4.74 Å². The van der Waals surface area contributed by atoms with E-state index < -0.39 is 0 Å². The van der Waals surface area contributed by atoms with E-state index in [-0.39, 0.29) is 11.7 Å². The monoisotopic (exact) mass is 232 g/mol. The van der Waals surface area contributed by atoms with E-state index in [9.17, 15) is 4.79 Å². The summed E-state index contributed by atoms with van der Waals surface area (Å²) in [5, 5.41) is 0. The normalized spacial score (nSPS) is 24.4. The summed E-state index contributed by atoms with van der Waals surface area (Å²) < 4.78 is 5.26. The zero-order valence-corrected chi connectivity index (χ0v) is 10.6. The number of benzene rings is 1. The van der Waals surface area contributed by atoms with Crippen LogP contribution in [0.2, 0.25) is 0 Å². The number of ether oxygens (including phenoxy) is 1. The third kappa shape index (κ3) is 2.68. The van der Waals surface area contributed by atoms with Crippen molar-refractivity contribution >= 4 is 5.78 Å². The Morgan fingerprint density at radius 1 is 1.18 bits per heavy atom. The molecule has 0 spiro atoms. The molecule has 17 heavy (non-hydrogen) atoms. The molecule has 0 aromatic heterocycles. The number of carbonyl (C=O) groups excluding carboxylic acids is 1. The van der Waals surface area contributed by atoms with Crippen LogP contribution in [0.25, 0.3) is 0 Å². The molecule has 1 aliphatic carbocycles. The third-order valence-corrected chi connectivity index (χ3v) is 3.76. The second kappa shape index (κ2) is 5.35. The number of methoxy groups -OCH3 is 1. The highest BCUT2D eigenvalue weighted by molar-refractivity contribution is 6.00. The second-order valence-corrected chi connectivity index (χ2v) is 5.02. The van der Waals surface area contributed by atoms with Crippen molar-refractivity contribution in [3.8, 4) is 5.75 Å². The zero-order chi connectivity index (χ0) is 12.3. The number of hydrogen-bond acceptors (Lipinski definition) is 2. The van der Waals surface area contributed by atoms with Gasteiger partial charge in [-0.15, -0.1) is 0 Å². The molecule has 0 radical (unpaired) electrons. The molecule has 0 aliphatic heterocycles. The van der Waals surface area contributed by atoms with Crippen molar-refractivity contribution in [2.45, 2.75) is 32.6 Å². The summed E-state index contributed by atoms with van der Waals surface area (Å²) in [5.41, 5.74) is 0.745. The fourth-order valence-corrected chi connectivity index (χ4v) is 2.59. The Labute approximate surface area is 103 Å². The summed E-state index contributed by atoms with van der Waals surface area (Å²) in [4.78, 5) is 12.4. The highest BCUT2D eigenvalue weighted by atomic mass is 16.5. The quantitative estimate of drug-likeness (QED) is 0.743. The maximum absolute atomic E-state index is 12.4. The largest absolute Gasteiger partial charge is 0.496 e. The van der Waals surface area contributed by atoms with Crippen LogP contribution >= 0.6 is 0 Å². The van der Waals surface area contributed by atoms with Gasteiger partial charge in [-0.25, -0.2) is 0 Å². The Kier molecular flexibility index (Phi) is 3.82. The van der Waals surface area contributed by atoms with Crippen LogP contribution in [0.1, 0.15) is 43.0 Å². The molecule has 92 valence electrons. The molecule has 2 rings (SSSR count). The molecule has 1 aromatic carbocycles. The number of rotatable bonds is 3. The minimum Gasteiger partial charge on any atom is -0.496 e. The van der Waals surface area contributed by atoms with Gasteiger partial charge in [0, 0.05) is 5.92 Å². The minimum absolute atomic E-state index is 0.197. The Morgan fingerprint density at radius 2 is 1.82 bits per heavy atom. The predicted molar refractivity (Wildman–Crippen MR) is 68.4 cm³/mol. The van der Waals surface area contributed by atoms with Crippen molar-refractivity contribution in [3.05, 3.63) is 29.8 Å². The fourth-order valence-electron chi connectivity index (χ4n) is 2.59. The van der Waals surface area contributed by atoms with Gasteiger partial charge in [-0.2, -0.15) is 0 Å². The van der Waals surface area contributed by atoms with Crippen molar-refractivity contribution in [3.63, 3.8) is 0 Å². The van der Waals surface area contributed by atoms with Crippen molar-refractivity contribution < 1.29 is 9.53 Å². The number of para-hydroxylation sites is 1. The molecule has 1 saturated carbocycles. The lowest BCUT2D eigenvalue weighted by molar-refractivity contribution is 0.0872. The molecule has 1 aliphatic rings. The van der Waals surface area contributed by atoms with Crippen LogP contribution < -0.4 is 4.74 Å². The Morgan fingerprint density at radius 3 is 2.47 bits per heavy atom. The SMILES string of the molecule is COc1ccccc1C(=O)C1CCC(C)CC1. The maximum atomic E-state index is 12.4. The fraction of sp³-hybridized carbons (Fsp3) is 0.533. The van der Waals surface area contributed by atoms with E-state index in [1.165, 1.54) is 12.8 Å². The average molecular weight is 232 g/mol. The van der Waals surface area contributed by atoms with E-state index in [0.717, 1.165) is 24.3 Å². The first-order chi connectivity index (χ1) is 8.22. The van der Waals surface area contributed by atoms with Crippen LogP contribution in [0, 0.1) is 11.8 Å². The van der Waals surface area contributed by atoms with Crippen LogP contribution in [-0.2, 0) is 0 Å². The van der Waals surface area contributed by atoms with Gasteiger partial charge in [0.2, 0.25) is 0 Å². The lowest BCUT2D eigenvalue weighted by Crippen LogP contribution is -2.21. The van der Waals surface area contributed by atoms with Crippen LogP contribution in [0.15, 0.2) is 24.3 Å². The highest BCUT2D eigenvalue weighted by Crippen LogP contribution is 2.32.